The van der Waals surface area contributed by atoms with Gasteiger partial charge in [-0.05, 0) is 30.7 Å². The average Bonchev–Trinajstić information content (AvgIpc) is 2.74. The van der Waals surface area contributed by atoms with Gasteiger partial charge >= 0.3 is 0 Å². The lowest BCUT2D eigenvalue weighted by Gasteiger charge is -2.29. The number of methoxy groups -OCH3 is 1. The number of hydrogen-bond acceptors (Lipinski definition) is 4. The first-order valence-corrected chi connectivity index (χ1v) is 9.44. The van der Waals surface area contributed by atoms with Crippen molar-refractivity contribution in [3.05, 3.63) is 64.7 Å². The van der Waals surface area contributed by atoms with Gasteiger partial charge in [-0.2, -0.15) is 0 Å². The lowest BCUT2D eigenvalue weighted by atomic mass is 10.1. The van der Waals surface area contributed by atoms with Crippen LogP contribution in [0.15, 0.2) is 53.3 Å². The number of carbonyl (C=O) groups excluding carboxylic acids is 1. The van der Waals surface area contributed by atoms with Crippen LogP contribution in [-0.4, -0.2) is 34.5 Å². The molecule has 1 heterocycles. The summed E-state index contributed by atoms with van der Waals surface area (Å²) in [7, 11) is 3.33. The zero-order valence-electron chi connectivity index (χ0n) is 16.7. The van der Waals surface area contributed by atoms with Crippen LogP contribution < -0.4 is 10.3 Å². The van der Waals surface area contributed by atoms with Crippen LogP contribution in [0, 0.1) is 0 Å². The van der Waals surface area contributed by atoms with E-state index in [0.717, 1.165) is 0 Å². The van der Waals surface area contributed by atoms with E-state index in [1.165, 1.54) is 0 Å². The van der Waals surface area contributed by atoms with Crippen molar-refractivity contribution in [2.45, 2.75) is 32.7 Å². The molecule has 2 aromatic carbocycles. The first-order valence-electron chi connectivity index (χ1n) is 9.44. The van der Waals surface area contributed by atoms with Gasteiger partial charge in [0.05, 0.1) is 29.7 Å². The summed E-state index contributed by atoms with van der Waals surface area (Å²) in [5.41, 5.74) is 1.05. The van der Waals surface area contributed by atoms with Crippen LogP contribution in [-0.2, 0) is 4.79 Å². The molecule has 0 spiro atoms. The van der Waals surface area contributed by atoms with E-state index in [0.29, 0.717) is 41.0 Å². The number of fused-ring (bicyclic) bond motifs is 1. The minimum atomic E-state index is -0.338. The van der Waals surface area contributed by atoms with Gasteiger partial charge in [-0.15, -0.1) is 0 Å². The fraction of sp³-hybridized carbons (Fsp3) is 0.318. The molecule has 1 amide bonds. The minimum absolute atomic E-state index is 0.000772. The average molecular weight is 379 g/mol. The number of para-hydroxylation sites is 3. The molecular weight excluding hydrogens is 354 g/mol. The van der Waals surface area contributed by atoms with Crippen LogP contribution in [0.3, 0.4) is 0 Å². The van der Waals surface area contributed by atoms with E-state index in [2.05, 4.69) is 0 Å². The van der Waals surface area contributed by atoms with E-state index < -0.39 is 0 Å². The van der Waals surface area contributed by atoms with Crippen molar-refractivity contribution in [3.63, 3.8) is 0 Å². The second-order valence-electron chi connectivity index (χ2n) is 6.58. The Hall–Kier alpha value is -3.15. The molecule has 3 aromatic rings. The second-order valence-corrected chi connectivity index (χ2v) is 6.58. The van der Waals surface area contributed by atoms with Crippen molar-refractivity contribution in [1.29, 1.82) is 0 Å². The molecule has 0 bridgehead atoms. The second kappa shape index (κ2) is 8.25. The van der Waals surface area contributed by atoms with E-state index in [1.807, 2.05) is 56.3 Å². The van der Waals surface area contributed by atoms with Crippen LogP contribution in [0.4, 0.5) is 0 Å². The summed E-state index contributed by atoms with van der Waals surface area (Å²) in [6.07, 6.45) is 1.02. The Kier molecular flexibility index (Phi) is 5.78. The summed E-state index contributed by atoms with van der Waals surface area (Å²) in [5, 5.41) is 0.525. The van der Waals surface area contributed by atoms with Crippen molar-refractivity contribution >= 4 is 16.8 Å². The quantitative estimate of drug-likeness (QED) is 0.655. The highest BCUT2D eigenvalue weighted by Gasteiger charge is 2.26. The first kappa shape index (κ1) is 19.6. The van der Waals surface area contributed by atoms with Crippen LogP contribution in [0.5, 0.6) is 5.75 Å². The molecule has 0 aliphatic rings. The Morgan fingerprint density at radius 1 is 1.14 bits per heavy atom. The highest BCUT2D eigenvalue weighted by molar-refractivity contribution is 5.79. The topological polar surface area (TPSA) is 64.4 Å². The van der Waals surface area contributed by atoms with Gasteiger partial charge in [-0.1, -0.05) is 38.1 Å². The van der Waals surface area contributed by atoms with Gasteiger partial charge < -0.3 is 9.64 Å². The van der Waals surface area contributed by atoms with Gasteiger partial charge in [-0.25, -0.2) is 4.98 Å². The highest BCUT2D eigenvalue weighted by atomic mass is 16.5. The Bertz CT molecular complexity index is 1060. The molecule has 0 aliphatic heterocycles. The summed E-state index contributed by atoms with van der Waals surface area (Å²) < 4.78 is 7.07. The van der Waals surface area contributed by atoms with E-state index in [4.69, 9.17) is 9.72 Å². The maximum Gasteiger partial charge on any atom is 0.266 e. The number of carbonyl (C=O) groups is 1. The number of nitrogens with zero attached hydrogens (tertiary/aromatic N) is 3. The third-order valence-corrected chi connectivity index (χ3v) is 4.98. The molecule has 0 aliphatic carbocycles. The molecule has 0 radical (unpaired) electrons. The summed E-state index contributed by atoms with van der Waals surface area (Å²) in [5.74, 6) is 1.10. The van der Waals surface area contributed by atoms with E-state index in [-0.39, 0.29) is 17.5 Å². The van der Waals surface area contributed by atoms with Crippen molar-refractivity contribution in [1.82, 2.24) is 14.5 Å². The van der Waals surface area contributed by atoms with Crippen LogP contribution in [0.2, 0.25) is 0 Å². The smallest absolute Gasteiger partial charge is 0.266 e. The lowest BCUT2D eigenvalue weighted by molar-refractivity contribution is -0.132. The van der Waals surface area contributed by atoms with Gasteiger partial charge in [0.2, 0.25) is 5.91 Å². The third-order valence-electron chi connectivity index (χ3n) is 4.98. The zero-order valence-corrected chi connectivity index (χ0v) is 16.7. The standard InChI is InChI=1S/C22H25N3O3/c1-5-17(24(3)20(26)6-2)21-23-16-12-8-7-11-15(16)22(27)25(21)18-13-9-10-14-19(18)28-4/h7-14,17H,5-6H2,1-4H3. The number of rotatable bonds is 6. The SMILES string of the molecule is CCC(=O)N(C)C(CC)c1nc2ccccc2c(=O)n1-c1ccccc1OC. The van der Waals surface area contributed by atoms with Crippen LogP contribution in [0.25, 0.3) is 16.6 Å². The summed E-state index contributed by atoms with van der Waals surface area (Å²) >= 11 is 0. The van der Waals surface area contributed by atoms with Gasteiger partial charge in [-0.3, -0.25) is 14.2 Å². The molecule has 0 fully saturated rings. The molecule has 0 saturated heterocycles. The fourth-order valence-corrected chi connectivity index (χ4v) is 3.47. The van der Waals surface area contributed by atoms with Crippen molar-refractivity contribution < 1.29 is 9.53 Å². The Morgan fingerprint density at radius 2 is 1.82 bits per heavy atom. The van der Waals surface area contributed by atoms with Crippen molar-refractivity contribution in [2.24, 2.45) is 0 Å². The fourth-order valence-electron chi connectivity index (χ4n) is 3.47. The zero-order chi connectivity index (χ0) is 20.3. The lowest BCUT2D eigenvalue weighted by Crippen LogP contribution is -2.35. The predicted molar refractivity (Wildman–Crippen MR) is 110 cm³/mol. The van der Waals surface area contributed by atoms with Crippen molar-refractivity contribution in [3.8, 4) is 11.4 Å². The number of hydrogen-bond donors (Lipinski definition) is 0. The maximum atomic E-state index is 13.5. The molecule has 28 heavy (non-hydrogen) atoms. The normalized spacial score (nSPS) is 12.0. The van der Waals surface area contributed by atoms with Gasteiger partial charge in [0, 0.05) is 13.5 Å². The number of aromatic nitrogens is 2. The molecule has 1 aromatic heterocycles. The largest absolute Gasteiger partial charge is 0.495 e. The van der Waals surface area contributed by atoms with E-state index in [1.54, 1.807) is 29.7 Å². The molecule has 3 rings (SSSR count). The number of ether oxygens (including phenoxy) is 1. The summed E-state index contributed by atoms with van der Waals surface area (Å²) in [6.45, 7) is 3.81. The van der Waals surface area contributed by atoms with Gasteiger partial charge in [0.15, 0.2) is 0 Å². The number of amides is 1. The number of benzene rings is 2. The molecule has 146 valence electrons. The Balaban J connectivity index is 2.38. The van der Waals surface area contributed by atoms with Crippen LogP contribution in [0.1, 0.15) is 38.6 Å². The van der Waals surface area contributed by atoms with E-state index in [9.17, 15) is 9.59 Å². The molecule has 0 saturated carbocycles. The first-order chi connectivity index (χ1) is 13.5. The Labute approximate surface area is 164 Å². The molecule has 6 heteroatoms. The maximum absolute atomic E-state index is 13.5. The summed E-state index contributed by atoms with van der Waals surface area (Å²) in [6, 6.07) is 14.3. The molecule has 1 unspecified atom stereocenters. The highest BCUT2D eigenvalue weighted by Crippen LogP contribution is 2.28. The van der Waals surface area contributed by atoms with E-state index >= 15 is 0 Å². The molecule has 6 nitrogen and oxygen atoms in total. The van der Waals surface area contributed by atoms with Crippen LogP contribution >= 0.6 is 0 Å². The third kappa shape index (κ3) is 3.38. The molecular formula is C22H25N3O3. The van der Waals surface area contributed by atoms with Gasteiger partial charge in [0.1, 0.15) is 11.6 Å². The molecule has 0 N–H and O–H groups in total. The molecule has 1 atom stereocenters. The predicted octanol–water partition coefficient (Wildman–Crippen LogP) is 3.71. The minimum Gasteiger partial charge on any atom is -0.495 e. The van der Waals surface area contributed by atoms with Gasteiger partial charge in [0.25, 0.3) is 5.56 Å². The van der Waals surface area contributed by atoms with Crippen molar-refractivity contribution in [2.75, 3.05) is 14.2 Å². The Morgan fingerprint density at radius 3 is 2.50 bits per heavy atom. The summed E-state index contributed by atoms with van der Waals surface area (Å²) in [4.78, 5) is 32.3. The monoisotopic (exact) mass is 379 g/mol.